The molecule has 3 fully saturated rings. The molecule has 2 bridgehead atoms. The summed E-state index contributed by atoms with van der Waals surface area (Å²) in [5.74, 6) is 0. The molecule has 2 aromatic heterocycles. The van der Waals surface area contributed by atoms with Crippen LogP contribution in [0.2, 0.25) is 0 Å². The lowest BCUT2D eigenvalue weighted by atomic mass is 10.2. The van der Waals surface area contributed by atoms with Crippen molar-refractivity contribution in [2.45, 2.75) is 0 Å². The SMILES string of the molecule is C1CN2CCN1CC2.c1ncc2[nH]cnc2n1. The monoisotopic (exact) mass is 232 g/mol. The fourth-order valence-corrected chi connectivity index (χ4v) is 2.21. The molecule has 0 spiro atoms. The molecule has 0 aliphatic carbocycles. The molecule has 0 unspecified atom stereocenters. The summed E-state index contributed by atoms with van der Waals surface area (Å²) in [5.41, 5.74) is 1.59. The molecule has 0 atom stereocenters. The molecule has 0 saturated carbocycles. The molecule has 6 nitrogen and oxygen atoms in total. The highest BCUT2D eigenvalue weighted by atomic mass is 15.3. The van der Waals surface area contributed by atoms with E-state index in [1.807, 2.05) is 0 Å². The average Bonchev–Trinajstić information content (AvgIpc) is 2.90. The Bertz CT molecular complexity index is 420. The number of aromatic amines is 1. The van der Waals surface area contributed by atoms with Crippen LogP contribution in [0.5, 0.6) is 0 Å². The van der Waals surface area contributed by atoms with Crippen LogP contribution in [-0.2, 0) is 0 Å². The number of nitrogens with one attached hydrogen (secondary N) is 1. The quantitative estimate of drug-likeness (QED) is 0.691. The van der Waals surface area contributed by atoms with Gasteiger partial charge in [-0.3, -0.25) is 9.80 Å². The normalized spacial score (nSPS) is 26.6. The van der Waals surface area contributed by atoms with Crippen LogP contribution in [0.3, 0.4) is 0 Å². The Labute approximate surface area is 99.7 Å². The lowest BCUT2D eigenvalue weighted by Gasteiger charge is -2.41. The first-order chi connectivity index (χ1) is 8.42. The highest BCUT2D eigenvalue weighted by Gasteiger charge is 2.21. The third-order valence-corrected chi connectivity index (χ3v) is 3.30. The van der Waals surface area contributed by atoms with Crippen molar-refractivity contribution < 1.29 is 0 Å². The highest BCUT2D eigenvalue weighted by Crippen LogP contribution is 2.06. The number of rotatable bonds is 0. The number of aromatic nitrogens is 4. The maximum absolute atomic E-state index is 3.91. The van der Waals surface area contributed by atoms with Crippen LogP contribution in [0.1, 0.15) is 0 Å². The lowest BCUT2D eigenvalue weighted by molar-refractivity contribution is 0.0647. The summed E-state index contributed by atoms with van der Waals surface area (Å²) in [7, 11) is 0. The maximum Gasteiger partial charge on any atom is 0.180 e. The molecule has 0 aromatic carbocycles. The van der Waals surface area contributed by atoms with Gasteiger partial charge in [0.05, 0.1) is 12.5 Å². The van der Waals surface area contributed by atoms with E-state index in [0.717, 1.165) is 5.52 Å². The first-order valence-corrected chi connectivity index (χ1v) is 5.95. The van der Waals surface area contributed by atoms with Crippen LogP contribution < -0.4 is 0 Å². The summed E-state index contributed by atoms with van der Waals surface area (Å²) < 4.78 is 0. The summed E-state index contributed by atoms with van der Waals surface area (Å²) in [6.07, 6.45) is 4.76. The standard InChI is InChI=1S/C6H12N2.C5H4N4/c1-2-8-5-3-7(1)4-6-8;1-4-5(8-2-6-1)9-3-7-4/h1-6H2;1-3H,(H,6,7,8,9). The van der Waals surface area contributed by atoms with Crippen LogP contribution in [0.4, 0.5) is 0 Å². The highest BCUT2D eigenvalue weighted by molar-refractivity contribution is 5.67. The van der Waals surface area contributed by atoms with Crippen LogP contribution >= 0.6 is 0 Å². The van der Waals surface area contributed by atoms with Gasteiger partial charge in [-0.2, -0.15) is 0 Å². The zero-order chi connectivity index (χ0) is 11.5. The van der Waals surface area contributed by atoms with Gasteiger partial charge in [-0.1, -0.05) is 0 Å². The second-order valence-electron chi connectivity index (χ2n) is 4.35. The summed E-state index contributed by atoms with van der Waals surface area (Å²) in [6, 6.07) is 0. The maximum atomic E-state index is 3.91. The third-order valence-electron chi connectivity index (χ3n) is 3.30. The number of fused-ring (bicyclic) bond motifs is 4. The van der Waals surface area contributed by atoms with Gasteiger partial charge in [0.15, 0.2) is 5.65 Å². The number of imidazole rings is 1. The van der Waals surface area contributed by atoms with E-state index in [9.17, 15) is 0 Å². The average molecular weight is 232 g/mol. The van der Waals surface area contributed by atoms with Crippen LogP contribution in [0.25, 0.3) is 11.2 Å². The molecule has 5 heterocycles. The molecular weight excluding hydrogens is 216 g/mol. The third kappa shape index (κ3) is 2.42. The number of piperazine rings is 3. The van der Waals surface area contributed by atoms with Gasteiger partial charge in [0.2, 0.25) is 0 Å². The summed E-state index contributed by atoms with van der Waals surface area (Å²) >= 11 is 0. The zero-order valence-electron chi connectivity index (χ0n) is 9.71. The Morgan fingerprint density at radius 1 is 0.941 bits per heavy atom. The molecule has 3 saturated heterocycles. The van der Waals surface area contributed by atoms with Gasteiger partial charge in [0, 0.05) is 39.3 Å². The Kier molecular flexibility index (Phi) is 2.98. The second-order valence-corrected chi connectivity index (χ2v) is 4.35. The van der Waals surface area contributed by atoms with Crippen LogP contribution in [0, 0.1) is 0 Å². The second kappa shape index (κ2) is 4.77. The lowest BCUT2D eigenvalue weighted by Crippen LogP contribution is -2.55. The molecule has 2 aromatic rings. The van der Waals surface area contributed by atoms with E-state index in [1.54, 1.807) is 12.5 Å². The zero-order valence-corrected chi connectivity index (χ0v) is 9.71. The van der Waals surface area contributed by atoms with Crippen molar-refractivity contribution in [2.75, 3.05) is 39.3 Å². The summed E-state index contributed by atoms with van der Waals surface area (Å²) in [6.45, 7) is 7.92. The van der Waals surface area contributed by atoms with E-state index in [-0.39, 0.29) is 0 Å². The van der Waals surface area contributed by atoms with E-state index in [0.29, 0.717) is 5.65 Å². The van der Waals surface area contributed by atoms with E-state index in [1.165, 1.54) is 45.6 Å². The summed E-state index contributed by atoms with van der Waals surface area (Å²) in [5, 5.41) is 0. The molecule has 0 radical (unpaired) electrons. The van der Waals surface area contributed by atoms with Crippen molar-refractivity contribution in [3.63, 3.8) is 0 Å². The van der Waals surface area contributed by atoms with Crippen molar-refractivity contribution in [3.05, 3.63) is 18.9 Å². The Balaban J connectivity index is 0.000000107. The van der Waals surface area contributed by atoms with Crippen molar-refractivity contribution in [2.24, 2.45) is 0 Å². The van der Waals surface area contributed by atoms with Gasteiger partial charge in [0.25, 0.3) is 0 Å². The minimum atomic E-state index is 0.713. The molecule has 0 amide bonds. The van der Waals surface area contributed by atoms with Gasteiger partial charge >= 0.3 is 0 Å². The first-order valence-electron chi connectivity index (χ1n) is 5.95. The topological polar surface area (TPSA) is 60.9 Å². The Morgan fingerprint density at radius 2 is 1.59 bits per heavy atom. The van der Waals surface area contributed by atoms with Gasteiger partial charge < -0.3 is 4.98 Å². The molecule has 3 aliphatic rings. The van der Waals surface area contributed by atoms with E-state index >= 15 is 0 Å². The first kappa shape index (κ1) is 10.6. The number of nitrogens with zero attached hydrogens (tertiary/aromatic N) is 5. The molecule has 1 N–H and O–H groups in total. The fraction of sp³-hybridized carbons (Fsp3) is 0.545. The largest absolute Gasteiger partial charge is 0.342 e. The number of hydrogen-bond acceptors (Lipinski definition) is 5. The minimum Gasteiger partial charge on any atom is -0.342 e. The molecule has 3 aliphatic heterocycles. The van der Waals surface area contributed by atoms with Gasteiger partial charge in [-0.25, -0.2) is 15.0 Å². The molecule has 6 heteroatoms. The molecular formula is C11H16N6. The van der Waals surface area contributed by atoms with E-state index in [2.05, 4.69) is 29.7 Å². The minimum absolute atomic E-state index is 0.713. The van der Waals surface area contributed by atoms with Crippen LogP contribution in [-0.4, -0.2) is 69.0 Å². The predicted molar refractivity (Wildman–Crippen MR) is 64.6 cm³/mol. The van der Waals surface area contributed by atoms with Gasteiger partial charge in [-0.15, -0.1) is 0 Å². The molecule has 5 rings (SSSR count). The predicted octanol–water partition coefficient (Wildman–Crippen LogP) is -0.0295. The van der Waals surface area contributed by atoms with Crippen molar-refractivity contribution in [3.8, 4) is 0 Å². The Hall–Kier alpha value is -1.53. The summed E-state index contributed by atoms with van der Waals surface area (Å²) in [4.78, 5) is 19.6. The van der Waals surface area contributed by atoms with Gasteiger partial charge in [-0.05, 0) is 0 Å². The smallest absolute Gasteiger partial charge is 0.180 e. The van der Waals surface area contributed by atoms with Crippen molar-refractivity contribution in [1.29, 1.82) is 0 Å². The van der Waals surface area contributed by atoms with Gasteiger partial charge in [0.1, 0.15) is 11.8 Å². The molecule has 17 heavy (non-hydrogen) atoms. The Morgan fingerprint density at radius 3 is 2.12 bits per heavy atom. The van der Waals surface area contributed by atoms with E-state index in [4.69, 9.17) is 0 Å². The number of hydrogen-bond donors (Lipinski definition) is 1. The fourth-order valence-electron chi connectivity index (χ4n) is 2.21. The van der Waals surface area contributed by atoms with Crippen molar-refractivity contribution >= 4 is 11.2 Å². The van der Waals surface area contributed by atoms with E-state index < -0.39 is 0 Å². The van der Waals surface area contributed by atoms with Crippen LogP contribution in [0.15, 0.2) is 18.9 Å². The molecule has 90 valence electrons. The van der Waals surface area contributed by atoms with Crippen molar-refractivity contribution in [1.82, 2.24) is 29.7 Å². The number of H-pyrrole nitrogens is 1.